The second-order valence-electron chi connectivity index (χ2n) is 3.27. The maximum Gasteiger partial charge on any atom is 0.294 e. The van der Waals surface area contributed by atoms with E-state index in [0.717, 1.165) is 10.6 Å². The van der Waals surface area contributed by atoms with Gasteiger partial charge in [-0.1, -0.05) is 0 Å². The van der Waals surface area contributed by atoms with Gasteiger partial charge in [0.05, 0.1) is 12.0 Å². The number of nitro benzene ring substituents is 1. The molecule has 1 aromatic rings. The van der Waals surface area contributed by atoms with Crippen molar-refractivity contribution in [2.45, 2.75) is 6.42 Å². The molecule has 0 saturated heterocycles. The first-order valence-corrected chi connectivity index (χ1v) is 4.48. The summed E-state index contributed by atoms with van der Waals surface area (Å²) in [6.07, 6.45) is 0.615. The van der Waals surface area contributed by atoms with Gasteiger partial charge < -0.3 is 4.74 Å². The van der Waals surface area contributed by atoms with Gasteiger partial charge in [-0.15, -0.1) is 0 Å². The van der Waals surface area contributed by atoms with Crippen molar-refractivity contribution in [2.75, 3.05) is 18.7 Å². The average Bonchev–Trinajstić information content (AvgIpc) is 2.60. The highest BCUT2D eigenvalue weighted by Crippen LogP contribution is 2.40. The van der Waals surface area contributed by atoms with Crippen LogP contribution in [0.1, 0.15) is 5.56 Å². The summed E-state index contributed by atoms with van der Waals surface area (Å²) in [5.41, 5.74) is 1.08. The number of anilines is 1. The molecule has 0 aliphatic carbocycles. The van der Waals surface area contributed by atoms with Gasteiger partial charge in [0.15, 0.2) is 0 Å². The third-order valence-electron chi connectivity index (χ3n) is 2.49. The van der Waals surface area contributed by atoms with Crippen molar-refractivity contribution < 1.29 is 9.66 Å². The Morgan fingerprint density at radius 3 is 2.93 bits per heavy atom. The van der Waals surface area contributed by atoms with Crippen LogP contribution in [-0.4, -0.2) is 18.6 Å². The number of nitrogens with zero attached hydrogens (tertiary/aromatic N) is 2. The Bertz CT molecular complexity index is 419. The fourth-order valence-electron chi connectivity index (χ4n) is 1.82. The van der Waals surface area contributed by atoms with E-state index in [-0.39, 0.29) is 5.69 Å². The standard InChI is InChI=1S/C9H10N3O3/c1-15-8-3-2-7(12(13)14)9-6(8)4-5-11(9)10/h2-3,10H,4-5H2,1H3. The largest absolute Gasteiger partial charge is 0.496 e. The number of nitrogens with one attached hydrogen (secondary N) is 1. The highest BCUT2D eigenvalue weighted by atomic mass is 16.6. The average molecular weight is 208 g/mol. The van der Waals surface area contributed by atoms with Crippen molar-refractivity contribution in [3.05, 3.63) is 27.8 Å². The first-order chi connectivity index (χ1) is 7.15. The third kappa shape index (κ3) is 1.39. The predicted molar refractivity (Wildman–Crippen MR) is 53.8 cm³/mol. The van der Waals surface area contributed by atoms with Crippen LogP contribution in [0.4, 0.5) is 11.4 Å². The van der Waals surface area contributed by atoms with Gasteiger partial charge in [-0.05, 0) is 12.5 Å². The zero-order valence-electron chi connectivity index (χ0n) is 8.19. The molecule has 0 bridgehead atoms. The molecule has 1 N–H and O–H groups in total. The number of hydrogen-bond acceptors (Lipinski definition) is 4. The van der Waals surface area contributed by atoms with E-state index in [9.17, 15) is 10.1 Å². The summed E-state index contributed by atoms with van der Waals surface area (Å²) in [5, 5.41) is 11.9. The maximum atomic E-state index is 10.8. The summed E-state index contributed by atoms with van der Waals surface area (Å²) >= 11 is 0. The van der Waals surface area contributed by atoms with Crippen LogP contribution in [0.3, 0.4) is 0 Å². The molecule has 0 amide bonds. The molecule has 1 aromatic carbocycles. The molecule has 0 atom stereocenters. The highest BCUT2D eigenvalue weighted by Gasteiger charge is 2.29. The van der Waals surface area contributed by atoms with Gasteiger partial charge >= 0.3 is 0 Å². The summed E-state index contributed by atoms with van der Waals surface area (Å²) in [4.78, 5) is 10.3. The van der Waals surface area contributed by atoms with E-state index in [1.807, 2.05) is 0 Å². The highest BCUT2D eigenvalue weighted by molar-refractivity contribution is 5.73. The second-order valence-corrected chi connectivity index (χ2v) is 3.27. The summed E-state index contributed by atoms with van der Waals surface area (Å²) in [6, 6.07) is 2.96. The van der Waals surface area contributed by atoms with Crippen molar-refractivity contribution in [2.24, 2.45) is 0 Å². The zero-order valence-corrected chi connectivity index (χ0v) is 8.19. The van der Waals surface area contributed by atoms with E-state index in [2.05, 4.69) is 0 Å². The first-order valence-electron chi connectivity index (χ1n) is 4.48. The summed E-state index contributed by atoms with van der Waals surface area (Å²) in [6.45, 7) is 0.469. The lowest BCUT2D eigenvalue weighted by Crippen LogP contribution is -2.17. The van der Waals surface area contributed by atoms with Crippen molar-refractivity contribution in [1.82, 2.24) is 5.84 Å². The molecule has 0 unspecified atom stereocenters. The van der Waals surface area contributed by atoms with Crippen molar-refractivity contribution in [3.8, 4) is 5.75 Å². The fourth-order valence-corrected chi connectivity index (χ4v) is 1.82. The lowest BCUT2D eigenvalue weighted by Gasteiger charge is -2.11. The van der Waals surface area contributed by atoms with E-state index in [1.165, 1.54) is 13.2 Å². The van der Waals surface area contributed by atoms with Crippen LogP contribution in [0.2, 0.25) is 0 Å². The Labute approximate surface area is 86.4 Å². The van der Waals surface area contributed by atoms with Crippen LogP contribution in [0.25, 0.3) is 0 Å². The summed E-state index contributed by atoms with van der Waals surface area (Å²) in [7, 11) is 1.52. The van der Waals surface area contributed by atoms with Gasteiger partial charge in [0.1, 0.15) is 11.4 Å². The molecule has 2 rings (SSSR count). The Morgan fingerprint density at radius 2 is 2.33 bits per heavy atom. The molecule has 0 spiro atoms. The number of fused-ring (bicyclic) bond motifs is 1. The number of ether oxygens (including phenoxy) is 1. The minimum absolute atomic E-state index is 0.0294. The monoisotopic (exact) mass is 208 g/mol. The van der Waals surface area contributed by atoms with Gasteiger partial charge in [-0.25, -0.2) is 0 Å². The number of rotatable bonds is 2. The third-order valence-corrected chi connectivity index (χ3v) is 2.49. The Kier molecular flexibility index (Phi) is 2.20. The molecule has 15 heavy (non-hydrogen) atoms. The molecule has 1 heterocycles. The van der Waals surface area contributed by atoms with Gasteiger partial charge in [0.25, 0.3) is 5.69 Å². The molecule has 6 heteroatoms. The van der Waals surface area contributed by atoms with E-state index in [1.54, 1.807) is 6.07 Å². The molecule has 0 aromatic heterocycles. The summed E-state index contributed by atoms with van der Waals surface area (Å²) < 4.78 is 5.11. The van der Waals surface area contributed by atoms with Gasteiger partial charge in [0.2, 0.25) is 0 Å². The fraction of sp³-hybridized carbons (Fsp3) is 0.333. The smallest absolute Gasteiger partial charge is 0.294 e. The van der Waals surface area contributed by atoms with Crippen LogP contribution in [0.15, 0.2) is 12.1 Å². The molecule has 0 saturated carbocycles. The van der Waals surface area contributed by atoms with Crippen LogP contribution in [0.5, 0.6) is 5.75 Å². The molecule has 1 radical (unpaired) electrons. The van der Waals surface area contributed by atoms with Crippen LogP contribution >= 0.6 is 0 Å². The predicted octanol–water partition coefficient (Wildman–Crippen LogP) is 1.16. The van der Waals surface area contributed by atoms with Gasteiger partial charge in [-0.2, -0.15) is 5.84 Å². The van der Waals surface area contributed by atoms with Crippen molar-refractivity contribution in [1.29, 1.82) is 0 Å². The normalized spacial score (nSPS) is 13.9. The lowest BCUT2D eigenvalue weighted by molar-refractivity contribution is -0.384. The number of methoxy groups -OCH3 is 1. The Hall–Kier alpha value is -1.82. The SMILES string of the molecule is COc1ccc([N+](=O)[O-])c2c1CCN2[NH]. The number of nitro groups is 1. The van der Waals surface area contributed by atoms with E-state index in [0.29, 0.717) is 24.4 Å². The molecule has 0 fully saturated rings. The van der Waals surface area contributed by atoms with Crippen LogP contribution in [-0.2, 0) is 6.42 Å². The zero-order chi connectivity index (χ0) is 11.0. The van der Waals surface area contributed by atoms with E-state index in [4.69, 9.17) is 10.6 Å². The quantitative estimate of drug-likeness (QED) is 0.539. The lowest BCUT2D eigenvalue weighted by atomic mass is 10.1. The summed E-state index contributed by atoms with van der Waals surface area (Å²) in [5.74, 6) is 8.21. The van der Waals surface area contributed by atoms with Gasteiger partial charge in [0, 0.05) is 18.2 Å². The van der Waals surface area contributed by atoms with Crippen LogP contribution in [0, 0.1) is 10.1 Å². The minimum Gasteiger partial charge on any atom is -0.496 e. The topological polar surface area (TPSA) is 79.4 Å². The maximum absolute atomic E-state index is 10.8. The molecular weight excluding hydrogens is 198 g/mol. The first kappa shape index (κ1) is 9.72. The minimum atomic E-state index is -0.467. The molecule has 79 valence electrons. The number of hydrogen-bond donors (Lipinski definition) is 0. The van der Waals surface area contributed by atoms with Crippen LogP contribution < -0.4 is 15.6 Å². The van der Waals surface area contributed by atoms with E-state index < -0.39 is 4.92 Å². The molecular formula is C9H10N3O3. The van der Waals surface area contributed by atoms with Crippen molar-refractivity contribution in [3.63, 3.8) is 0 Å². The van der Waals surface area contributed by atoms with E-state index >= 15 is 0 Å². The second kappa shape index (κ2) is 3.39. The Morgan fingerprint density at radius 1 is 1.60 bits per heavy atom. The Balaban J connectivity index is 2.63. The molecule has 6 nitrogen and oxygen atoms in total. The molecule has 1 aliphatic rings. The van der Waals surface area contributed by atoms with Crippen molar-refractivity contribution >= 4 is 11.4 Å². The number of benzene rings is 1. The van der Waals surface area contributed by atoms with Gasteiger partial charge in [-0.3, -0.25) is 15.1 Å². The molecule has 1 aliphatic heterocycles.